The SMILES string of the molecule is CCOC(=O)CCCCOc1cccc(Oc2ccc(CN(Cc3ccc(F)cc3F)c3cccc([N+](=O)[O-])c3C)cc2)c1. The molecule has 0 heterocycles. The van der Waals surface area contributed by atoms with Crippen LogP contribution >= 0.6 is 0 Å². The van der Waals surface area contributed by atoms with Crippen molar-refractivity contribution >= 4 is 17.3 Å². The summed E-state index contributed by atoms with van der Waals surface area (Å²) in [5.41, 5.74) is 2.09. The molecule has 0 fully saturated rings. The van der Waals surface area contributed by atoms with Gasteiger partial charge in [0.05, 0.1) is 23.7 Å². The number of carbonyl (C=O) groups is 1. The maximum atomic E-state index is 14.6. The summed E-state index contributed by atoms with van der Waals surface area (Å²) in [7, 11) is 0. The van der Waals surface area contributed by atoms with Gasteiger partial charge in [-0.1, -0.05) is 30.3 Å². The van der Waals surface area contributed by atoms with Crippen LogP contribution in [-0.4, -0.2) is 24.1 Å². The smallest absolute Gasteiger partial charge is 0.305 e. The van der Waals surface area contributed by atoms with Crippen molar-refractivity contribution < 1.29 is 32.7 Å². The summed E-state index contributed by atoms with van der Waals surface area (Å²) in [4.78, 5) is 24.4. The van der Waals surface area contributed by atoms with E-state index in [4.69, 9.17) is 14.2 Å². The van der Waals surface area contributed by atoms with E-state index in [1.165, 1.54) is 18.2 Å². The number of nitrogens with zero attached hydrogens (tertiary/aromatic N) is 2. The zero-order chi connectivity index (χ0) is 31.5. The van der Waals surface area contributed by atoms with E-state index in [0.29, 0.717) is 67.5 Å². The molecule has 0 aromatic heterocycles. The number of hydrogen-bond donors (Lipinski definition) is 0. The first-order valence-electron chi connectivity index (χ1n) is 14.3. The molecule has 4 rings (SSSR count). The molecule has 8 nitrogen and oxygen atoms in total. The molecule has 4 aromatic carbocycles. The van der Waals surface area contributed by atoms with Crippen LogP contribution < -0.4 is 14.4 Å². The minimum absolute atomic E-state index is 0.0429. The van der Waals surface area contributed by atoms with Crippen LogP contribution in [0.25, 0.3) is 0 Å². The lowest BCUT2D eigenvalue weighted by Gasteiger charge is -2.27. The summed E-state index contributed by atoms with van der Waals surface area (Å²) in [5.74, 6) is 0.243. The Hall–Kier alpha value is -4.99. The Kier molecular flexibility index (Phi) is 11.2. The second kappa shape index (κ2) is 15.5. The number of hydrogen-bond acceptors (Lipinski definition) is 7. The van der Waals surface area contributed by atoms with Crippen molar-refractivity contribution in [3.63, 3.8) is 0 Å². The van der Waals surface area contributed by atoms with Gasteiger partial charge in [-0.3, -0.25) is 14.9 Å². The molecular weight excluding hydrogens is 570 g/mol. The van der Waals surface area contributed by atoms with Crippen molar-refractivity contribution in [1.82, 2.24) is 0 Å². The van der Waals surface area contributed by atoms with Gasteiger partial charge in [-0.05, 0) is 68.7 Å². The van der Waals surface area contributed by atoms with Gasteiger partial charge in [0.15, 0.2) is 0 Å². The van der Waals surface area contributed by atoms with Gasteiger partial charge >= 0.3 is 5.97 Å². The van der Waals surface area contributed by atoms with E-state index in [1.54, 1.807) is 44.2 Å². The Morgan fingerprint density at radius 2 is 1.64 bits per heavy atom. The summed E-state index contributed by atoms with van der Waals surface area (Å²) < 4.78 is 44.9. The molecular formula is C34H34F2N2O6. The van der Waals surface area contributed by atoms with Crippen LogP contribution in [0.2, 0.25) is 0 Å². The van der Waals surface area contributed by atoms with E-state index in [2.05, 4.69) is 0 Å². The average Bonchev–Trinajstić information content (AvgIpc) is 2.99. The van der Waals surface area contributed by atoms with Crippen molar-refractivity contribution in [1.29, 1.82) is 0 Å². The Morgan fingerprint density at radius 3 is 2.36 bits per heavy atom. The van der Waals surface area contributed by atoms with Crippen molar-refractivity contribution in [2.75, 3.05) is 18.1 Å². The highest BCUT2D eigenvalue weighted by Crippen LogP contribution is 2.32. The number of anilines is 1. The topological polar surface area (TPSA) is 91.1 Å². The number of rotatable bonds is 15. The molecule has 4 aromatic rings. The highest BCUT2D eigenvalue weighted by Gasteiger charge is 2.20. The van der Waals surface area contributed by atoms with E-state index >= 15 is 0 Å². The van der Waals surface area contributed by atoms with Gasteiger partial charge in [-0.25, -0.2) is 8.78 Å². The minimum Gasteiger partial charge on any atom is -0.493 e. The quantitative estimate of drug-likeness (QED) is 0.0583. The number of esters is 1. The van der Waals surface area contributed by atoms with Crippen LogP contribution in [-0.2, 0) is 22.6 Å². The van der Waals surface area contributed by atoms with Crippen molar-refractivity contribution in [2.45, 2.75) is 46.2 Å². The Labute approximate surface area is 254 Å². The number of benzene rings is 4. The number of unbranched alkanes of at least 4 members (excludes halogenated alkanes) is 1. The maximum Gasteiger partial charge on any atom is 0.305 e. The Balaban J connectivity index is 1.43. The molecule has 0 aliphatic heterocycles. The predicted molar refractivity (Wildman–Crippen MR) is 163 cm³/mol. The normalized spacial score (nSPS) is 10.7. The van der Waals surface area contributed by atoms with E-state index in [1.807, 2.05) is 35.2 Å². The van der Waals surface area contributed by atoms with Crippen molar-refractivity contribution in [3.05, 3.63) is 123 Å². The largest absolute Gasteiger partial charge is 0.493 e. The lowest BCUT2D eigenvalue weighted by atomic mass is 10.1. The average molecular weight is 605 g/mol. The summed E-state index contributed by atoms with van der Waals surface area (Å²) in [6, 6.07) is 22.7. The van der Waals surface area contributed by atoms with Crippen molar-refractivity contribution in [2.24, 2.45) is 0 Å². The molecule has 0 amide bonds. The number of halogens is 2. The first kappa shape index (κ1) is 31.9. The van der Waals surface area contributed by atoms with Gasteiger partial charge in [-0.15, -0.1) is 0 Å². The molecule has 0 N–H and O–H groups in total. The van der Waals surface area contributed by atoms with Crippen LogP contribution in [0.3, 0.4) is 0 Å². The second-order valence-corrected chi connectivity index (χ2v) is 10.1. The van der Waals surface area contributed by atoms with Crippen LogP contribution in [0.4, 0.5) is 20.2 Å². The number of nitro groups is 1. The molecule has 0 atom stereocenters. The monoisotopic (exact) mass is 604 g/mol. The lowest BCUT2D eigenvalue weighted by molar-refractivity contribution is -0.385. The third kappa shape index (κ3) is 9.00. The number of ether oxygens (including phenoxy) is 3. The summed E-state index contributed by atoms with van der Waals surface area (Å²) in [5, 5.41) is 11.6. The fraction of sp³-hybridized carbons (Fsp3) is 0.265. The van der Waals surface area contributed by atoms with Gasteiger partial charge in [0.2, 0.25) is 0 Å². The second-order valence-electron chi connectivity index (χ2n) is 10.1. The zero-order valence-electron chi connectivity index (χ0n) is 24.6. The van der Waals surface area contributed by atoms with Crippen LogP contribution in [0.15, 0.2) is 84.9 Å². The molecule has 230 valence electrons. The molecule has 0 spiro atoms. The molecule has 0 aliphatic rings. The predicted octanol–water partition coefficient (Wildman–Crippen LogP) is 8.29. The van der Waals surface area contributed by atoms with E-state index in [9.17, 15) is 23.7 Å². The molecule has 0 unspecified atom stereocenters. The molecule has 0 saturated carbocycles. The van der Waals surface area contributed by atoms with Gasteiger partial charge in [0.25, 0.3) is 5.69 Å². The van der Waals surface area contributed by atoms with Crippen LogP contribution in [0.1, 0.15) is 42.9 Å². The third-order valence-electron chi connectivity index (χ3n) is 6.88. The van der Waals surface area contributed by atoms with Crippen molar-refractivity contribution in [3.8, 4) is 17.2 Å². The highest BCUT2D eigenvalue weighted by molar-refractivity contribution is 5.69. The van der Waals surface area contributed by atoms with E-state index < -0.39 is 16.6 Å². The van der Waals surface area contributed by atoms with E-state index in [0.717, 1.165) is 11.6 Å². The van der Waals surface area contributed by atoms with Gasteiger partial charge in [0, 0.05) is 49.0 Å². The summed E-state index contributed by atoms with van der Waals surface area (Å²) in [6.07, 6.45) is 1.76. The van der Waals surface area contributed by atoms with Gasteiger partial charge in [0.1, 0.15) is 28.9 Å². The molecule has 10 heteroatoms. The zero-order valence-corrected chi connectivity index (χ0v) is 24.6. The number of carbonyl (C=O) groups excluding carboxylic acids is 1. The lowest BCUT2D eigenvalue weighted by Crippen LogP contribution is -2.24. The van der Waals surface area contributed by atoms with E-state index in [-0.39, 0.29) is 23.8 Å². The standard InChI is InChI=1S/C34H34F2N2O6/c1-3-42-34(39)12-4-5-19-43-29-8-6-9-30(21-29)44-28-17-13-25(14-18-28)22-37(23-26-15-16-27(35)20-31(26)36)32-10-7-11-33(24(32)2)38(40)41/h6-11,13-18,20-21H,3-5,12,19,22-23H2,1-2H3. The molecule has 0 saturated heterocycles. The molecule has 0 aliphatic carbocycles. The molecule has 0 bridgehead atoms. The summed E-state index contributed by atoms with van der Waals surface area (Å²) >= 11 is 0. The number of nitro benzene ring substituents is 1. The Morgan fingerprint density at radius 1 is 0.886 bits per heavy atom. The van der Waals surface area contributed by atoms with Crippen LogP contribution in [0, 0.1) is 28.7 Å². The Bertz CT molecular complexity index is 1580. The highest BCUT2D eigenvalue weighted by atomic mass is 19.1. The fourth-order valence-corrected chi connectivity index (χ4v) is 4.68. The maximum absolute atomic E-state index is 14.6. The molecule has 0 radical (unpaired) electrons. The van der Waals surface area contributed by atoms with Gasteiger partial charge in [-0.2, -0.15) is 0 Å². The molecule has 44 heavy (non-hydrogen) atoms. The summed E-state index contributed by atoms with van der Waals surface area (Å²) in [6.45, 7) is 4.64. The van der Waals surface area contributed by atoms with Crippen LogP contribution in [0.5, 0.6) is 17.2 Å². The third-order valence-corrected chi connectivity index (χ3v) is 6.88. The van der Waals surface area contributed by atoms with Gasteiger partial charge < -0.3 is 19.1 Å². The minimum atomic E-state index is -0.690. The first-order valence-corrected chi connectivity index (χ1v) is 14.3. The first-order chi connectivity index (χ1) is 21.2. The fourth-order valence-electron chi connectivity index (χ4n) is 4.68.